The van der Waals surface area contributed by atoms with Gasteiger partial charge in [-0.25, -0.2) is 0 Å². The average molecular weight is 263 g/mol. The summed E-state index contributed by atoms with van der Waals surface area (Å²) < 4.78 is 0. The van der Waals surface area contributed by atoms with E-state index in [0.29, 0.717) is 0 Å². The van der Waals surface area contributed by atoms with Crippen molar-refractivity contribution >= 4 is 15.9 Å². The first-order chi connectivity index (χ1) is 6.86. The van der Waals surface area contributed by atoms with Crippen LogP contribution in [0.15, 0.2) is 0 Å². The number of nitrogens with zero attached hydrogens (tertiary/aromatic N) is 2. The van der Waals surface area contributed by atoms with Crippen molar-refractivity contribution in [2.24, 2.45) is 0 Å². The lowest BCUT2D eigenvalue weighted by Gasteiger charge is -2.23. The van der Waals surface area contributed by atoms with Gasteiger partial charge in [0.05, 0.1) is 0 Å². The molecule has 0 atom stereocenters. The van der Waals surface area contributed by atoms with Gasteiger partial charge in [-0.15, -0.1) is 0 Å². The summed E-state index contributed by atoms with van der Waals surface area (Å²) in [5, 5.41) is 1.10. The van der Waals surface area contributed by atoms with E-state index in [1.54, 1.807) is 0 Å². The van der Waals surface area contributed by atoms with E-state index < -0.39 is 0 Å². The summed E-state index contributed by atoms with van der Waals surface area (Å²) in [6.07, 6.45) is 4.09. The maximum absolute atomic E-state index is 3.52. The van der Waals surface area contributed by atoms with Gasteiger partial charge >= 0.3 is 0 Å². The monoisotopic (exact) mass is 262 g/mol. The molecule has 1 fully saturated rings. The van der Waals surface area contributed by atoms with Crippen molar-refractivity contribution in [3.05, 3.63) is 0 Å². The molecule has 0 aromatic heterocycles. The van der Waals surface area contributed by atoms with Gasteiger partial charge in [0.25, 0.3) is 0 Å². The molecule has 0 aliphatic carbocycles. The highest BCUT2D eigenvalue weighted by atomic mass is 79.9. The molecule has 1 saturated heterocycles. The molecule has 0 radical (unpaired) electrons. The molecule has 0 spiro atoms. The van der Waals surface area contributed by atoms with Gasteiger partial charge in [-0.3, -0.25) is 0 Å². The highest BCUT2D eigenvalue weighted by Gasteiger charge is 2.12. The molecular formula is C11H23BrN2. The fourth-order valence-electron chi connectivity index (χ4n) is 2.06. The van der Waals surface area contributed by atoms with Gasteiger partial charge in [-0.05, 0) is 38.9 Å². The molecule has 0 aromatic carbocycles. The van der Waals surface area contributed by atoms with Crippen LogP contribution in [0.1, 0.15) is 26.2 Å². The topological polar surface area (TPSA) is 6.48 Å². The third-order valence-corrected chi connectivity index (χ3v) is 3.23. The van der Waals surface area contributed by atoms with E-state index in [9.17, 15) is 0 Å². The number of halogens is 1. The summed E-state index contributed by atoms with van der Waals surface area (Å²) in [6, 6.07) is 0. The largest absolute Gasteiger partial charge is 0.302 e. The number of hydrogen-bond acceptors (Lipinski definition) is 2. The first kappa shape index (κ1) is 12.5. The van der Waals surface area contributed by atoms with Crippen LogP contribution in [0.5, 0.6) is 0 Å². The molecule has 14 heavy (non-hydrogen) atoms. The second-order valence-electron chi connectivity index (χ2n) is 4.08. The summed E-state index contributed by atoms with van der Waals surface area (Å²) in [7, 11) is 0. The van der Waals surface area contributed by atoms with Crippen molar-refractivity contribution in [1.29, 1.82) is 0 Å². The van der Waals surface area contributed by atoms with Gasteiger partial charge in [0.1, 0.15) is 0 Å². The fourth-order valence-corrected chi connectivity index (χ4v) is 2.56. The summed E-state index contributed by atoms with van der Waals surface area (Å²) in [5.41, 5.74) is 0. The van der Waals surface area contributed by atoms with Crippen LogP contribution in [-0.2, 0) is 0 Å². The van der Waals surface area contributed by atoms with Crippen LogP contribution in [-0.4, -0.2) is 54.4 Å². The van der Waals surface area contributed by atoms with Crippen LogP contribution < -0.4 is 0 Å². The van der Waals surface area contributed by atoms with E-state index in [1.807, 2.05) is 0 Å². The van der Waals surface area contributed by atoms with Crippen LogP contribution in [0.2, 0.25) is 0 Å². The van der Waals surface area contributed by atoms with Crippen LogP contribution in [0.3, 0.4) is 0 Å². The zero-order valence-corrected chi connectivity index (χ0v) is 10.9. The Labute approximate surface area is 96.8 Å². The number of rotatable bonds is 7. The predicted octanol–water partition coefficient (Wildman–Crippen LogP) is 2.19. The maximum atomic E-state index is 3.52. The molecule has 1 rings (SSSR count). The Morgan fingerprint density at radius 3 is 2.43 bits per heavy atom. The van der Waals surface area contributed by atoms with E-state index in [1.165, 1.54) is 58.5 Å². The lowest BCUT2D eigenvalue weighted by atomic mass is 10.4. The Bertz CT molecular complexity index is 129. The Balaban J connectivity index is 2.10. The van der Waals surface area contributed by atoms with Gasteiger partial charge in [-0.2, -0.15) is 0 Å². The van der Waals surface area contributed by atoms with Gasteiger partial charge in [0.2, 0.25) is 0 Å². The molecule has 0 amide bonds. The van der Waals surface area contributed by atoms with Crippen molar-refractivity contribution in [2.75, 3.05) is 44.6 Å². The van der Waals surface area contributed by atoms with Crippen LogP contribution >= 0.6 is 15.9 Å². The van der Waals surface area contributed by atoms with Crippen LogP contribution in [0.4, 0.5) is 0 Å². The summed E-state index contributed by atoms with van der Waals surface area (Å²) in [4.78, 5) is 5.16. The molecule has 0 bridgehead atoms. The van der Waals surface area contributed by atoms with Crippen molar-refractivity contribution in [1.82, 2.24) is 9.80 Å². The van der Waals surface area contributed by atoms with Gasteiger partial charge in [-0.1, -0.05) is 22.9 Å². The molecule has 0 aromatic rings. The standard InChI is InChI=1S/C11H23BrN2/c1-2-6-13(9-5-12)10-11-14-7-3-4-8-14/h2-11H2,1H3. The third kappa shape index (κ3) is 4.76. The Morgan fingerprint density at radius 2 is 1.86 bits per heavy atom. The molecule has 84 valence electrons. The van der Waals surface area contributed by atoms with Gasteiger partial charge < -0.3 is 9.80 Å². The lowest BCUT2D eigenvalue weighted by molar-refractivity contribution is 0.235. The van der Waals surface area contributed by atoms with E-state index in [0.717, 1.165) is 5.33 Å². The minimum Gasteiger partial charge on any atom is -0.302 e. The molecule has 1 aliphatic heterocycles. The van der Waals surface area contributed by atoms with Crippen LogP contribution in [0, 0.1) is 0 Å². The zero-order valence-electron chi connectivity index (χ0n) is 9.34. The Hall–Kier alpha value is 0.400. The molecule has 0 saturated carbocycles. The van der Waals surface area contributed by atoms with Crippen molar-refractivity contribution in [3.63, 3.8) is 0 Å². The lowest BCUT2D eigenvalue weighted by Crippen LogP contribution is -2.35. The molecule has 3 heteroatoms. The molecule has 1 heterocycles. The molecule has 0 unspecified atom stereocenters. The normalized spacial score (nSPS) is 18.2. The predicted molar refractivity (Wildman–Crippen MR) is 66.2 cm³/mol. The molecular weight excluding hydrogens is 240 g/mol. The fraction of sp³-hybridized carbons (Fsp3) is 1.00. The molecule has 0 N–H and O–H groups in total. The summed E-state index contributed by atoms with van der Waals surface area (Å²) in [6.45, 7) is 9.88. The highest BCUT2D eigenvalue weighted by molar-refractivity contribution is 9.09. The average Bonchev–Trinajstić information content (AvgIpc) is 2.67. The van der Waals surface area contributed by atoms with E-state index in [-0.39, 0.29) is 0 Å². The molecule has 2 nitrogen and oxygen atoms in total. The summed E-state index contributed by atoms with van der Waals surface area (Å²) in [5.74, 6) is 0. The highest BCUT2D eigenvalue weighted by Crippen LogP contribution is 2.06. The zero-order chi connectivity index (χ0) is 10.2. The minimum atomic E-state index is 1.10. The van der Waals surface area contributed by atoms with Gasteiger partial charge in [0.15, 0.2) is 0 Å². The van der Waals surface area contributed by atoms with Crippen LogP contribution in [0.25, 0.3) is 0 Å². The Kier molecular flexibility index (Phi) is 6.82. The van der Waals surface area contributed by atoms with Crippen molar-refractivity contribution in [3.8, 4) is 0 Å². The molecule has 1 aliphatic rings. The minimum absolute atomic E-state index is 1.10. The second-order valence-corrected chi connectivity index (χ2v) is 4.87. The van der Waals surface area contributed by atoms with E-state index in [2.05, 4.69) is 32.7 Å². The SMILES string of the molecule is CCCN(CCBr)CCN1CCCC1. The van der Waals surface area contributed by atoms with Gasteiger partial charge in [0, 0.05) is 25.0 Å². The Morgan fingerprint density at radius 1 is 1.14 bits per heavy atom. The third-order valence-electron chi connectivity index (χ3n) is 2.87. The summed E-state index contributed by atoms with van der Waals surface area (Å²) >= 11 is 3.52. The van der Waals surface area contributed by atoms with E-state index >= 15 is 0 Å². The smallest absolute Gasteiger partial charge is 0.0159 e. The quantitative estimate of drug-likeness (QED) is 0.650. The maximum Gasteiger partial charge on any atom is 0.0159 e. The van der Waals surface area contributed by atoms with E-state index in [4.69, 9.17) is 0 Å². The second kappa shape index (κ2) is 7.66. The first-order valence-electron chi connectivity index (χ1n) is 5.87. The first-order valence-corrected chi connectivity index (χ1v) is 6.99. The number of alkyl halides is 1. The van der Waals surface area contributed by atoms with Crippen molar-refractivity contribution in [2.45, 2.75) is 26.2 Å². The number of likely N-dealkylation sites (tertiary alicyclic amines) is 1. The number of hydrogen-bond donors (Lipinski definition) is 0. The van der Waals surface area contributed by atoms with Crippen molar-refractivity contribution < 1.29 is 0 Å².